The first-order valence-corrected chi connectivity index (χ1v) is 11.1. The number of fused-ring (bicyclic) bond motifs is 2. The van der Waals surface area contributed by atoms with Gasteiger partial charge in [0.25, 0.3) is 5.91 Å². The van der Waals surface area contributed by atoms with Gasteiger partial charge in [0.1, 0.15) is 5.69 Å². The monoisotopic (exact) mass is 452 g/mol. The maximum Gasteiger partial charge on any atom is 0.419 e. The van der Waals surface area contributed by atoms with E-state index in [2.05, 4.69) is 14.7 Å². The topological polar surface area (TPSA) is 90.2 Å². The fourth-order valence-corrected chi connectivity index (χ4v) is 5.14. The molecule has 3 aromatic heterocycles. The zero-order valence-corrected chi connectivity index (χ0v) is 19.0. The number of amides is 1. The second-order valence-corrected chi connectivity index (χ2v) is 9.05. The molecule has 0 saturated heterocycles. The number of aryl methyl sites for hydroxylation is 1. The SMILES string of the molecule is Cc1c(SN2CCn3nccc3C2)cc(C(=O)NCc2cccc3oc(=O)n(C)c23)n1C. The van der Waals surface area contributed by atoms with Crippen molar-refractivity contribution < 1.29 is 9.21 Å². The predicted octanol–water partition coefficient (Wildman–Crippen LogP) is 2.43. The molecule has 0 fully saturated rings. The normalized spacial score (nSPS) is 14.1. The van der Waals surface area contributed by atoms with E-state index in [9.17, 15) is 9.59 Å². The summed E-state index contributed by atoms with van der Waals surface area (Å²) in [6.07, 6.45) is 1.83. The Morgan fingerprint density at radius 3 is 2.91 bits per heavy atom. The van der Waals surface area contributed by atoms with Gasteiger partial charge in [-0.05, 0) is 42.6 Å². The molecule has 4 heterocycles. The molecule has 0 saturated carbocycles. The van der Waals surface area contributed by atoms with Crippen molar-refractivity contribution >= 4 is 29.0 Å². The number of carbonyl (C=O) groups excluding carboxylic acids is 1. The average molecular weight is 453 g/mol. The molecule has 1 aromatic carbocycles. The number of oxazole rings is 1. The van der Waals surface area contributed by atoms with Crippen molar-refractivity contribution in [1.29, 1.82) is 0 Å². The Balaban J connectivity index is 1.31. The summed E-state index contributed by atoms with van der Waals surface area (Å²) in [6, 6.07) is 9.43. The molecular formula is C22H24N6O3S. The van der Waals surface area contributed by atoms with Crippen LogP contribution in [0.3, 0.4) is 0 Å². The van der Waals surface area contributed by atoms with Crippen LogP contribution in [0.2, 0.25) is 0 Å². The third-order valence-corrected chi connectivity index (χ3v) is 7.16. The van der Waals surface area contributed by atoms with E-state index >= 15 is 0 Å². The van der Waals surface area contributed by atoms with E-state index < -0.39 is 5.76 Å². The second-order valence-electron chi connectivity index (χ2n) is 7.91. The summed E-state index contributed by atoms with van der Waals surface area (Å²) >= 11 is 1.67. The zero-order chi connectivity index (χ0) is 22.4. The van der Waals surface area contributed by atoms with Gasteiger partial charge in [0.05, 0.1) is 24.3 Å². The first-order chi connectivity index (χ1) is 15.4. The first-order valence-electron chi connectivity index (χ1n) is 10.4. The summed E-state index contributed by atoms with van der Waals surface area (Å²) < 4.78 is 12.9. The lowest BCUT2D eigenvalue weighted by atomic mass is 10.2. The van der Waals surface area contributed by atoms with Gasteiger partial charge in [0, 0.05) is 44.0 Å². The molecule has 32 heavy (non-hydrogen) atoms. The minimum Gasteiger partial charge on any atom is -0.408 e. The summed E-state index contributed by atoms with van der Waals surface area (Å²) in [5.74, 6) is -0.580. The number of para-hydroxylation sites is 1. The molecule has 0 spiro atoms. The summed E-state index contributed by atoms with van der Waals surface area (Å²) in [7, 11) is 3.57. The Labute approximate surface area is 188 Å². The molecule has 1 amide bonds. The number of benzene rings is 1. The van der Waals surface area contributed by atoms with Crippen LogP contribution in [-0.4, -0.2) is 35.7 Å². The van der Waals surface area contributed by atoms with Gasteiger partial charge in [0.15, 0.2) is 5.58 Å². The molecule has 0 atom stereocenters. The van der Waals surface area contributed by atoms with Crippen molar-refractivity contribution in [2.75, 3.05) is 6.54 Å². The van der Waals surface area contributed by atoms with E-state index in [1.54, 1.807) is 25.1 Å². The summed E-state index contributed by atoms with van der Waals surface area (Å²) in [5, 5.41) is 7.31. The van der Waals surface area contributed by atoms with E-state index in [-0.39, 0.29) is 5.91 Å². The van der Waals surface area contributed by atoms with Gasteiger partial charge in [-0.15, -0.1) is 0 Å². The third-order valence-electron chi connectivity index (χ3n) is 5.98. The van der Waals surface area contributed by atoms with E-state index in [0.717, 1.165) is 35.8 Å². The highest BCUT2D eigenvalue weighted by Crippen LogP contribution is 2.31. The number of hydrogen-bond acceptors (Lipinski definition) is 6. The van der Waals surface area contributed by atoms with Crippen LogP contribution in [0.4, 0.5) is 0 Å². The Bertz CT molecular complexity index is 1380. The van der Waals surface area contributed by atoms with E-state index in [1.165, 1.54) is 10.3 Å². The van der Waals surface area contributed by atoms with Gasteiger partial charge >= 0.3 is 5.76 Å². The van der Waals surface area contributed by atoms with Gasteiger partial charge in [0.2, 0.25) is 0 Å². The molecule has 0 aliphatic carbocycles. The van der Waals surface area contributed by atoms with Crippen LogP contribution in [0.1, 0.15) is 27.4 Å². The second kappa shape index (κ2) is 8.03. The average Bonchev–Trinajstić information content (AvgIpc) is 3.45. The lowest BCUT2D eigenvalue weighted by Crippen LogP contribution is -2.28. The van der Waals surface area contributed by atoms with Gasteiger partial charge in [-0.1, -0.05) is 12.1 Å². The smallest absolute Gasteiger partial charge is 0.408 e. The zero-order valence-electron chi connectivity index (χ0n) is 18.2. The third kappa shape index (κ3) is 3.55. The number of aromatic nitrogens is 4. The molecule has 10 heteroatoms. The molecule has 0 radical (unpaired) electrons. The van der Waals surface area contributed by atoms with Crippen LogP contribution in [-0.2, 0) is 33.7 Å². The van der Waals surface area contributed by atoms with Crippen molar-refractivity contribution in [3.63, 3.8) is 0 Å². The molecule has 0 bridgehead atoms. The minimum atomic E-state index is -0.417. The van der Waals surface area contributed by atoms with Crippen molar-refractivity contribution in [1.82, 2.24) is 28.5 Å². The molecule has 1 N–H and O–H groups in total. The Morgan fingerprint density at radius 1 is 1.22 bits per heavy atom. The Kier molecular flexibility index (Phi) is 5.18. The number of hydrogen-bond donors (Lipinski definition) is 1. The Hall–Kier alpha value is -3.24. The van der Waals surface area contributed by atoms with Gasteiger partial charge in [-0.2, -0.15) is 5.10 Å². The highest BCUT2D eigenvalue weighted by atomic mass is 32.2. The molecule has 166 valence electrons. The molecule has 0 unspecified atom stereocenters. The first kappa shape index (κ1) is 20.7. The van der Waals surface area contributed by atoms with Crippen molar-refractivity contribution in [3.8, 4) is 0 Å². The van der Waals surface area contributed by atoms with Crippen LogP contribution >= 0.6 is 11.9 Å². The maximum atomic E-state index is 13.0. The highest BCUT2D eigenvalue weighted by molar-refractivity contribution is 7.97. The van der Waals surface area contributed by atoms with Crippen LogP contribution in [0.5, 0.6) is 0 Å². The van der Waals surface area contributed by atoms with Crippen LogP contribution < -0.4 is 11.1 Å². The summed E-state index contributed by atoms with van der Waals surface area (Å²) in [6.45, 7) is 4.88. The quantitative estimate of drug-likeness (QED) is 0.468. The molecule has 1 aliphatic heterocycles. The molecule has 4 aromatic rings. The number of rotatable bonds is 5. The molecule has 1 aliphatic rings. The Morgan fingerprint density at radius 2 is 2.06 bits per heavy atom. The standard InChI is InChI=1S/C22H24N6O3S/c1-14-19(32-27-9-10-28-16(13-27)7-8-24-28)11-17(25(14)2)21(29)23-12-15-5-4-6-18-20(15)26(3)22(30)31-18/h4-8,11H,9-10,12-13H2,1-3H3,(H,23,29). The highest BCUT2D eigenvalue weighted by Gasteiger charge is 2.22. The molecule has 5 rings (SSSR count). The van der Waals surface area contributed by atoms with Crippen LogP contribution in [0.15, 0.2) is 50.6 Å². The molecule has 9 nitrogen and oxygen atoms in total. The number of nitrogens with one attached hydrogen (secondary N) is 1. The number of nitrogens with zero attached hydrogens (tertiary/aromatic N) is 5. The summed E-state index contributed by atoms with van der Waals surface area (Å²) in [5.41, 5.74) is 4.87. The molecular weight excluding hydrogens is 428 g/mol. The van der Waals surface area contributed by atoms with Crippen molar-refractivity contribution in [2.45, 2.75) is 31.5 Å². The lowest BCUT2D eigenvalue weighted by Gasteiger charge is -2.26. The van der Waals surface area contributed by atoms with Crippen molar-refractivity contribution in [2.24, 2.45) is 14.1 Å². The van der Waals surface area contributed by atoms with E-state index in [4.69, 9.17) is 4.42 Å². The van der Waals surface area contributed by atoms with Gasteiger partial charge in [-0.25, -0.2) is 9.10 Å². The van der Waals surface area contributed by atoms with E-state index in [0.29, 0.717) is 23.3 Å². The largest absolute Gasteiger partial charge is 0.419 e. The van der Waals surface area contributed by atoms with Crippen molar-refractivity contribution in [3.05, 3.63) is 69.7 Å². The van der Waals surface area contributed by atoms with Gasteiger partial charge < -0.3 is 14.3 Å². The lowest BCUT2D eigenvalue weighted by molar-refractivity contribution is 0.0942. The van der Waals surface area contributed by atoms with Crippen LogP contribution in [0, 0.1) is 6.92 Å². The fourth-order valence-electron chi connectivity index (χ4n) is 4.05. The van der Waals surface area contributed by atoms with Crippen LogP contribution in [0.25, 0.3) is 11.1 Å². The minimum absolute atomic E-state index is 0.162. The fraction of sp³-hybridized carbons (Fsp3) is 0.318. The number of carbonyl (C=O) groups is 1. The van der Waals surface area contributed by atoms with Gasteiger partial charge in [-0.3, -0.25) is 14.0 Å². The predicted molar refractivity (Wildman–Crippen MR) is 121 cm³/mol. The maximum absolute atomic E-state index is 13.0. The summed E-state index contributed by atoms with van der Waals surface area (Å²) in [4.78, 5) is 25.9. The van der Waals surface area contributed by atoms with E-state index in [1.807, 2.05) is 53.7 Å².